The van der Waals surface area contributed by atoms with Crippen molar-refractivity contribution >= 4 is 23.7 Å². The van der Waals surface area contributed by atoms with Crippen molar-refractivity contribution in [1.82, 2.24) is 25.7 Å². The fourth-order valence-electron chi connectivity index (χ4n) is 4.06. The SMILES string of the molecule is CC(=O)Nc1ccnn1CCNC(=O)c1ccc([C@@H]2NC(=O)N[C@H]3OCCC[C@H]32)cc1. The van der Waals surface area contributed by atoms with Gasteiger partial charge < -0.3 is 26.0 Å². The summed E-state index contributed by atoms with van der Waals surface area (Å²) in [4.78, 5) is 35.7. The van der Waals surface area contributed by atoms with E-state index in [2.05, 4.69) is 26.4 Å². The summed E-state index contributed by atoms with van der Waals surface area (Å²) in [6.07, 6.45) is 3.22. The number of urea groups is 1. The maximum Gasteiger partial charge on any atom is 0.317 e. The van der Waals surface area contributed by atoms with Gasteiger partial charge in [0.2, 0.25) is 5.91 Å². The highest BCUT2D eigenvalue weighted by molar-refractivity contribution is 5.94. The molecule has 2 fully saturated rings. The maximum absolute atomic E-state index is 12.5. The minimum atomic E-state index is -0.278. The average Bonchev–Trinajstić information content (AvgIpc) is 3.19. The second-order valence-electron chi connectivity index (χ2n) is 7.69. The topological polar surface area (TPSA) is 126 Å². The van der Waals surface area contributed by atoms with Crippen LogP contribution in [-0.4, -0.2) is 47.0 Å². The fraction of sp³-hybridized carbons (Fsp3) is 0.429. The van der Waals surface area contributed by atoms with Gasteiger partial charge in [0, 0.05) is 37.6 Å². The summed E-state index contributed by atoms with van der Waals surface area (Å²) in [7, 11) is 0. The average molecular weight is 426 g/mol. The van der Waals surface area contributed by atoms with Crippen LogP contribution in [0.1, 0.15) is 41.7 Å². The monoisotopic (exact) mass is 426 g/mol. The number of hydrogen-bond donors (Lipinski definition) is 4. The van der Waals surface area contributed by atoms with Crippen LogP contribution in [0.4, 0.5) is 10.6 Å². The largest absolute Gasteiger partial charge is 0.358 e. The second kappa shape index (κ2) is 9.17. The standard InChI is InChI=1S/C21H26N6O4/c1-13(28)24-17-8-9-23-27(17)11-10-22-19(29)15-6-4-14(5-7-15)18-16-3-2-12-31-20(16)26-21(30)25-18/h4-9,16,18,20H,2-3,10-12H2,1H3,(H,22,29)(H,24,28)(H2,25,26,30)/t16-,18-,20-/m0/s1. The summed E-state index contributed by atoms with van der Waals surface area (Å²) in [5, 5.41) is 15.5. The van der Waals surface area contributed by atoms with E-state index >= 15 is 0 Å². The number of fused-ring (bicyclic) bond motifs is 1. The van der Waals surface area contributed by atoms with E-state index in [1.165, 1.54) is 6.92 Å². The number of rotatable bonds is 6. The number of ether oxygens (including phenoxy) is 1. The molecule has 0 spiro atoms. The number of aromatic nitrogens is 2. The number of nitrogens with zero attached hydrogens (tertiary/aromatic N) is 2. The first-order valence-electron chi connectivity index (χ1n) is 10.4. The van der Waals surface area contributed by atoms with Crippen molar-refractivity contribution in [2.75, 3.05) is 18.5 Å². The van der Waals surface area contributed by atoms with Gasteiger partial charge in [0.25, 0.3) is 5.91 Å². The maximum atomic E-state index is 12.5. The molecular formula is C21H26N6O4. The molecule has 2 aliphatic heterocycles. The molecular weight excluding hydrogens is 400 g/mol. The van der Waals surface area contributed by atoms with Gasteiger partial charge in [-0.15, -0.1) is 0 Å². The van der Waals surface area contributed by atoms with Crippen molar-refractivity contribution in [3.05, 3.63) is 47.7 Å². The Balaban J connectivity index is 1.34. The molecule has 4 rings (SSSR count). The molecule has 3 atom stereocenters. The van der Waals surface area contributed by atoms with E-state index < -0.39 is 0 Å². The normalized spacial score (nSPS) is 22.6. The van der Waals surface area contributed by atoms with Crippen LogP contribution in [0, 0.1) is 5.92 Å². The number of amides is 4. The summed E-state index contributed by atoms with van der Waals surface area (Å²) in [6.45, 7) is 2.87. The summed E-state index contributed by atoms with van der Waals surface area (Å²) in [5.74, 6) is 0.355. The zero-order valence-electron chi connectivity index (χ0n) is 17.3. The predicted octanol–water partition coefficient (Wildman–Crippen LogP) is 1.38. The van der Waals surface area contributed by atoms with E-state index in [9.17, 15) is 14.4 Å². The molecule has 10 heteroatoms. The molecule has 0 saturated carbocycles. The van der Waals surface area contributed by atoms with Gasteiger partial charge >= 0.3 is 6.03 Å². The lowest BCUT2D eigenvalue weighted by atomic mass is 9.85. The van der Waals surface area contributed by atoms with Crippen molar-refractivity contribution in [1.29, 1.82) is 0 Å². The molecule has 164 valence electrons. The minimum Gasteiger partial charge on any atom is -0.358 e. The Morgan fingerprint density at radius 1 is 1.23 bits per heavy atom. The predicted molar refractivity (Wildman–Crippen MR) is 112 cm³/mol. The molecule has 4 N–H and O–H groups in total. The minimum absolute atomic E-state index is 0.150. The molecule has 1 aromatic heterocycles. The summed E-state index contributed by atoms with van der Waals surface area (Å²) in [6, 6.07) is 8.57. The molecule has 0 bridgehead atoms. The van der Waals surface area contributed by atoms with Crippen LogP contribution in [0.2, 0.25) is 0 Å². The molecule has 3 heterocycles. The molecule has 1 aromatic carbocycles. The Kier molecular flexibility index (Phi) is 6.17. The van der Waals surface area contributed by atoms with Gasteiger partial charge in [-0.3, -0.25) is 9.59 Å². The highest BCUT2D eigenvalue weighted by Gasteiger charge is 2.39. The molecule has 2 aromatic rings. The fourth-order valence-corrected chi connectivity index (χ4v) is 4.06. The van der Waals surface area contributed by atoms with Crippen LogP contribution < -0.4 is 21.3 Å². The Morgan fingerprint density at radius 3 is 2.81 bits per heavy atom. The Labute approximate surface area is 179 Å². The van der Waals surface area contributed by atoms with Crippen molar-refractivity contribution in [2.24, 2.45) is 5.92 Å². The molecule has 2 aliphatic rings. The van der Waals surface area contributed by atoms with E-state index in [1.54, 1.807) is 29.1 Å². The van der Waals surface area contributed by atoms with Crippen LogP contribution in [0.15, 0.2) is 36.5 Å². The molecule has 2 saturated heterocycles. The van der Waals surface area contributed by atoms with E-state index in [-0.39, 0.29) is 36.0 Å². The number of hydrogen-bond acceptors (Lipinski definition) is 5. The Bertz CT molecular complexity index is 957. The van der Waals surface area contributed by atoms with Crippen molar-refractivity contribution in [2.45, 2.75) is 38.6 Å². The van der Waals surface area contributed by atoms with Crippen molar-refractivity contribution in [3.8, 4) is 0 Å². The van der Waals surface area contributed by atoms with E-state index in [0.29, 0.717) is 31.1 Å². The summed E-state index contributed by atoms with van der Waals surface area (Å²) in [5.41, 5.74) is 1.48. The molecule has 0 radical (unpaired) electrons. The van der Waals surface area contributed by atoms with Crippen molar-refractivity contribution < 1.29 is 19.1 Å². The molecule has 4 amide bonds. The highest BCUT2D eigenvalue weighted by atomic mass is 16.5. The van der Waals surface area contributed by atoms with Crippen LogP contribution in [-0.2, 0) is 16.1 Å². The number of carbonyl (C=O) groups excluding carboxylic acids is 3. The third-order valence-corrected chi connectivity index (χ3v) is 5.52. The molecule has 0 unspecified atom stereocenters. The van der Waals surface area contributed by atoms with Crippen LogP contribution in [0.3, 0.4) is 0 Å². The van der Waals surface area contributed by atoms with Gasteiger partial charge in [-0.2, -0.15) is 5.10 Å². The zero-order chi connectivity index (χ0) is 21.8. The Hall–Kier alpha value is -3.40. The van der Waals surface area contributed by atoms with E-state index in [1.807, 2.05) is 12.1 Å². The summed E-state index contributed by atoms with van der Waals surface area (Å²) < 4.78 is 7.32. The van der Waals surface area contributed by atoms with Gasteiger partial charge in [0.1, 0.15) is 12.0 Å². The van der Waals surface area contributed by atoms with Gasteiger partial charge in [0.15, 0.2) is 0 Å². The number of nitrogens with one attached hydrogen (secondary N) is 4. The lowest BCUT2D eigenvalue weighted by Gasteiger charge is -2.41. The van der Waals surface area contributed by atoms with Gasteiger partial charge in [-0.05, 0) is 30.5 Å². The van der Waals surface area contributed by atoms with Crippen LogP contribution in [0.5, 0.6) is 0 Å². The first-order chi connectivity index (χ1) is 15.0. The molecule has 10 nitrogen and oxygen atoms in total. The number of anilines is 1. The third kappa shape index (κ3) is 4.85. The highest BCUT2D eigenvalue weighted by Crippen LogP contribution is 2.34. The second-order valence-corrected chi connectivity index (χ2v) is 7.69. The van der Waals surface area contributed by atoms with Gasteiger partial charge in [-0.1, -0.05) is 12.1 Å². The van der Waals surface area contributed by atoms with E-state index in [4.69, 9.17) is 4.74 Å². The third-order valence-electron chi connectivity index (χ3n) is 5.52. The molecule has 31 heavy (non-hydrogen) atoms. The van der Waals surface area contributed by atoms with Crippen LogP contribution in [0.25, 0.3) is 0 Å². The lowest BCUT2D eigenvalue weighted by molar-refractivity contribution is -0.114. The number of carbonyl (C=O) groups is 3. The smallest absolute Gasteiger partial charge is 0.317 e. The van der Waals surface area contributed by atoms with Gasteiger partial charge in [0.05, 0.1) is 18.8 Å². The first kappa shape index (κ1) is 20.9. The van der Waals surface area contributed by atoms with Crippen LogP contribution >= 0.6 is 0 Å². The summed E-state index contributed by atoms with van der Waals surface area (Å²) >= 11 is 0. The van der Waals surface area contributed by atoms with Crippen molar-refractivity contribution in [3.63, 3.8) is 0 Å². The first-order valence-corrected chi connectivity index (χ1v) is 10.4. The number of benzene rings is 1. The molecule has 0 aliphatic carbocycles. The Morgan fingerprint density at radius 2 is 2.03 bits per heavy atom. The zero-order valence-corrected chi connectivity index (χ0v) is 17.3. The quantitative estimate of drug-likeness (QED) is 0.555. The van der Waals surface area contributed by atoms with E-state index in [0.717, 1.165) is 18.4 Å². The lowest BCUT2D eigenvalue weighted by Crippen LogP contribution is -2.58. The van der Waals surface area contributed by atoms with Gasteiger partial charge in [-0.25, -0.2) is 9.48 Å².